The molecular formula is C26H41N9O5. The number of nitrogens with two attached hydrogens (primary N) is 3. The molecule has 8 atom stereocenters. The number of nitrogens with zero attached hydrogens (tertiary/aromatic N) is 3. The Morgan fingerprint density at radius 3 is 2.60 bits per heavy atom. The zero-order chi connectivity index (χ0) is 29.1. The molecule has 11 N–H and O–H groups in total. The minimum atomic E-state index is -1.14. The molecule has 0 spiro atoms. The van der Waals surface area contributed by atoms with E-state index >= 15 is 0 Å². The lowest BCUT2D eigenvalue weighted by molar-refractivity contribution is -0.153. The number of aliphatic hydroxyl groups excluding tert-OH is 2. The van der Waals surface area contributed by atoms with Crippen molar-refractivity contribution in [3.8, 4) is 0 Å². The number of aliphatic hydroxyl groups is 2. The van der Waals surface area contributed by atoms with Crippen LogP contribution in [0.3, 0.4) is 0 Å². The number of hydrogen-bond acceptors (Lipinski definition) is 10. The van der Waals surface area contributed by atoms with Crippen LogP contribution in [-0.4, -0.2) is 79.9 Å². The second-order valence-corrected chi connectivity index (χ2v) is 10.8. The number of fused-ring (bicyclic) bond motifs is 1. The number of rotatable bonds is 10. The summed E-state index contributed by atoms with van der Waals surface area (Å²) in [6.07, 6.45) is 3.31. The van der Waals surface area contributed by atoms with Crippen LogP contribution in [0.15, 0.2) is 17.5 Å². The molecule has 14 nitrogen and oxygen atoms in total. The number of aromatic nitrogens is 3. The number of H-pyrrole nitrogens is 1. The van der Waals surface area contributed by atoms with E-state index in [1.54, 1.807) is 6.20 Å². The monoisotopic (exact) mass is 559 g/mol. The molecule has 1 aliphatic carbocycles. The van der Waals surface area contributed by atoms with Crippen molar-refractivity contribution in [3.63, 3.8) is 0 Å². The molecule has 14 heteroatoms. The van der Waals surface area contributed by atoms with Gasteiger partial charge >= 0.3 is 5.97 Å². The molecule has 2 unspecified atom stereocenters. The van der Waals surface area contributed by atoms with Crippen LogP contribution in [0, 0.1) is 17.8 Å². The number of aromatic amines is 1. The van der Waals surface area contributed by atoms with Crippen LogP contribution in [-0.2, 0) is 14.3 Å². The number of hydrogen-bond donors (Lipinski definition) is 8. The van der Waals surface area contributed by atoms with Crippen molar-refractivity contribution in [2.75, 3.05) is 12.3 Å². The van der Waals surface area contributed by atoms with Gasteiger partial charge in [-0.05, 0) is 18.8 Å². The van der Waals surface area contributed by atoms with Gasteiger partial charge in [-0.25, -0.2) is 15.0 Å². The molecule has 2 aliphatic rings. The van der Waals surface area contributed by atoms with Crippen molar-refractivity contribution in [2.24, 2.45) is 34.2 Å². The molecule has 1 amide bonds. The zero-order valence-electron chi connectivity index (χ0n) is 23.1. The van der Waals surface area contributed by atoms with E-state index in [1.165, 1.54) is 13.3 Å². The average molecular weight is 560 g/mol. The van der Waals surface area contributed by atoms with Crippen LogP contribution in [0.5, 0.6) is 0 Å². The van der Waals surface area contributed by atoms with Gasteiger partial charge in [0.05, 0.1) is 35.7 Å². The van der Waals surface area contributed by atoms with Gasteiger partial charge in [-0.1, -0.05) is 26.7 Å². The van der Waals surface area contributed by atoms with E-state index in [-0.39, 0.29) is 36.9 Å². The van der Waals surface area contributed by atoms with Gasteiger partial charge < -0.3 is 47.8 Å². The standard InChI is InChI=1S/C26H41N9O5/c1-4-12(5-2)20(33-11(3)36)19-16(35-26(28)29)6-13(23(19)38)25(39)40-9-17-18(37)7-15(34-17)14-8-30-22-21(14)31-10-32-24(22)27/h8,10,12-13,15-20,23,30,34,37-38H,4-7,9H2,1-3H3,(H,33,36)(H2,27,31,32)(H4,28,29,35)/t13-,15+,16+,17+,18-,19?,20?,23+/m0/s1. The predicted octanol–water partition coefficient (Wildman–Crippen LogP) is -0.573. The highest BCUT2D eigenvalue weighted by Crippen LogP contribution is 2.40. The SMILES string of the molecule is CCC(CC)C(NC(C)=O)C1[C@H](N=C(N)N)C[C@H](C(=O)OC[C@H]2N[C@@H](c3c[nH]c4c(N)ncnc34)C[C@@H]2O)[C@H]1O. The first-order valence-corrected chi connectivity index (χ1v) is 13.8. The first-order valence-electron chi connectivity index (χ1n) is 13.8. The summed E-state index contributed by atoms with van der Waals surface area (Å²) in [6, 6.07) is -1.78. The van der Waals surface area contributed by atoms with E-state index in [4.69, 9.17) is 21.9 Å². The van der Waals surface area contributed by atoms with E-state index in [2.05, 4.69) is 30.6 Å². The maximum atomic E-state index is 13.2. The number of anilines is 1. The number of nitrogen functional groups attached to an aromatic ring is 1. The predicted molar refractivity (Wildman–Crippen MR) is 148 cm³/mol. The van der Waals surface area contributed by atoms with Crippen LogP contribution < -0.4 is 27.8 Å². The summed E-state index contributed by atoms with van der Waals surface area (Å²) in [6.45, 7) is 5.34. The number of ether oxygens (including phenoxy) is 1. The van der Waals surface area contributed by atoms with E-state index in [1.807, 2.05) is 13.8 Å². The summed E-state index contributed by atoms with van der Waals surface area (Å²) < 4.78 is 5.63. The van der Waals surface area contributed by atoms with Gasteiger partial charge in [0, 0.05) is 36.7 Å². The number of aliphatic imine (C=N–C) groups is 1. The molecule has 1 aliphatic heterocycles. The normalized spacial score (nSPS) is 29.0. The molecule has 40 heavy (non-hydrogen) atoms. The van der Waals surface area contributed by atoms with Gasteiger partial charge in [-0.3, -0.25) is 9.59 Å². The summed E-state index contributed by atoms with van der Waals surface area (Å²) in [4.78, 5) is 41.0. The van der Waals surface area contributed by atoms with Crippen molar-refractivity contribution in [1.82, 2.24) is 25.6 Å². The summed E-state index contributed by atoms with van der Waals surface area (Å²) in [7, 11) is 0. The second kappa shape index (κ2) is 12.4. The lowest BCUT2D eigenvalue weighted by atomic mass is 9.80. The van der Waals surface area contributed by atoms with E-state index in [0.717, 1.165) is 18.4 Å². The third kappa shape index (κ3) is 5.98. The van der Waals surface area contributed by atoms with Crippen molar-refractivity contribution in [1.29, 1.82) is 0 Å². The van der Waals surface area contributed by atoms with Gasteiger partial charge in [0.1, 0.15) is 18.5 Å². The molecule has 1 saturated carbocycles. The molecule has 4 rings (SSSR count). The Bertz CT molecular complexity index is 1230. The molecule has 2 fully saturated rings. The van der Waals surface area contributed by atoms with Crippen LogP contribution >= 0.6 is 0 Å². The lowest BCUT2D eigenvalue weighted by Gasteiger charge is -2.35. The number of carbonyl (C=O) groups is 2. The topological polar surface area (TPSA) is 240 Å². The quantitative estimate of drug-likeness (QED) is 0.104. The van der Waals surface area contributed by atoms with Crippen LogP contribution in [0.4, 0.5) is 5.82 Å². The Morgan fingerprint density at radius 2 is 1.95 bits per heavy atom. The molecule has 3 heterocycles. The average Bonchev–Trinajstić information content (AvgIpc) is 3.58. The highest BCUT2D eigenvalue weighted by Gasteiger charge is 2.51. The number of guanidine groups is 1. The summed E-state index contributed by atoms with van der Waals surface area (Å²) >= 11 is 0. The third-order valence-electron chi connectivity index (χ3n) is 8.36. The minimum absolute atomic E-state index is 0.0509. The maximum Gasteiger partial charge on any atom is 0.311 e. The summed E-state index contributed by atoms with van der Waals surface area (Å²) in [5.74, 6) is -2.10. The highest BCUT2D eigenvalue weighted by molar-refractivity contribution is 5.87. The third-order valence-corrected chi connectivity index (χ3v) is 8.36. The van der Waals surface area contributed by atoms with Crippen molar-refractivity contribution >= 4 is 34.7 Å². The first kappa shape index (κ1) is 29.5. The van der Waals surface area contributed by atoms with E-state index in [9.17, 15) is 19.8 Å². The first-order chi connectivity index (χ1) is 19.0. The molecule has 0 radical (unpaired) electrons. The Labute approximate surface area is 232 Å². The fourth-order valence-electron chi connectivity index (χ4n) is 6.37. The molecule has 220 valence electrons. The highest BCUT2D eigenvalue weighted by atomic mass is 16.5. The van der Waals surface area contributed by atoms with E-state index < -0.39 is 48.1 Å². The number of amides is 1. The number of nitrogens with one attached hydrogen (secondary N) is 3. The van der Waals surface area contributed by atoms with E-state index in [0.29, 0.717) is 23.3 Å². The van der Waals surface area contributed by atoms with Gasteiger partial charge in [-0.15, -0.1) is 0 Å². The fraction of sp³-hybridized carbons (Fsp3) is 0.654. The van der Waals surface area contributed by atoms with Crippen molar-refractivity contribution in [2.45, 2.75) is 82.8 Å². The minimum Gasteiger partial charge on any atom is -0.464 e. The Kier molecular flexibility index (Phi) is 9.11. The van der Waals surface area contributed by atoms with Gasteiger partial charge in [0.2, 0.25) is 5.91 Å². The largest absolute Gasteiger partial charge is 0.464 e. The van der Waals surface area contributed by atoms with Gasteiger partial charge in [0.15, 0.2) is 11.8 Å². The summed E-state index contributed by atoms with van der Waals surface area (Å²) in [5, 5.41) is 28.4. The Balaban J connectivity index is 1.45. The fourth-order valence-corrected chi connectivity index (χ4v) is 6.37. The summed E-state index contributed by atoms with van der Waals surface area (Å²) in [5.41, 5.74) is 19.4. The van der Waals surface area contributed by atoms with Gasteiger partial charge in [0.25, 0.3) is 0 Å². The molecule has 1 saturated heterocycles. The number of esters is 1. The Morgan fingerprint density at radius 1 is 1.23 bits per heavy atom. The van der Waals surface area contributed by atoms with Gasteiger partial charge in [-0.2, -0.15) is 0 Å². The van der Waals surface area contributed by atoms with Crippen molar-refractivity contribution in [3.05, 3.63) is 18.1 Å². The Hall–Kier alpha value is -3.49. The van der Waals surface area contributed by atoms with Crippen LogP contribution in [0.25, 0.3) is 11.0 Å². The molecule has 0 aromatic carbocycles. The zero-order valence-corrected chi connectivity index (χ0v) is 23.1. The molecular weight excluding hydrogens is 518 g/mol. The molecule has 0 bridgehead atoms. The van der Waals surface area contributed by atoms with Crippen molar-refractivity contribution < 1.29 is 24.5 Å². The van der Waals surface area contributed by atoms with Crippen LogP contribution in [0.1, 0.15) is 58.1 Å². The number of carbonyl (C=O) groups excluding carboxylic acids is 2. The second-order valence-electron chi connectivity index (χ2n) is 10.8. The maximum absolute atomic E-state index is 13.2. The molecule has 2 aromatic heterocycles. The van der Waals surface area contributed by atoms with Crippen LogP contribution in [0.2, 0.25) is 0 Å². The molecule has 2 aromatic rings. The lowest BCUT2D eigenvalue weighted by Crippen LogP contribution is -2.51. The smallest absolute Gasteiger partial charge is 0.311 e.